The Morgan fingerprint density at radius 2 is 2.29 bits per heavy atom. The molecule has 0 aliphatic carbocycles. The molecule has 1 rings (SSSR count). The van der Waals surface area contributed by atoms with E-state index in [1.54, 1.807) is 7.11 Å². The van der Waals surface area contributed by atoms with Gasteiger partial charge in [-0.2, -0.15) is 0 Å². The number of sulfonamides is 1. The van der Waals surface area contributed by atoms with Crippen molar-refractivity contribution in [1.82, 2.24) is 4.31 Å². The van der Waals surface area contributed by atoms with Crippen molar-refractivity contribution in [2.45, 2.75) is 18.9 Å². The summed E-state index contributed by atoms with van der Waals surface area (Å²) in [5.41, 5.74) is 5.65. The largest absolute Gasteiger partial charge is 0.385 e. The Kier molecular flexibility index (Phi) is 4.31. The van der Waals surface area contributed by atoms with E-state index in [4.69, 9.17) is 10.5 Å². The van der Waals surface area contributed by atoms with Gasteiger partial charge in [-0.1, -0.05) is 0 Å². The molecule has 14 heavy (non-hydrogen) atoms. The normalized spacial score (nSPS) is 24.3. The second kappa shape index (κ2) is 5.06. The van der Waals surface area contributed by atoms with Gasteiger partial charge in [-0.05, 0) is 12.8 Å². The molecular formula is C8H18N2O3S. The van der Waals surface area contributed by atoms with E-state index < -0.39 is 10.0 Å². The topological polar surface area (TPSA) is 72.6 Å². The molecule has 0 saturated carbocycles. The molecule has 6 heteroatoms. The van der Waals surface area contributed by atoms with E-state index in [0.29, 0.717) is 26.1 Å². The molecule has 0 unspecified atom stereocenters. The van der Waals surface area contributed by atoms with Gasteiger partial charge in [0.05, 0.1) is 5.75 Å². The van der Waals surface area contributed by atoms with Crippen LogP contribution in [0.15, 0.2) is 0 Å². The van der Waals surface area contributed by atoms with Gasteiger partial charge in [0.1, 0.15) is 0 Å². The highest BCUT2D eigenvalue weighted by molar-refractivity contribution is 7.89. The number of rotatable bonds is 5. The summed E-state index contributed by atoms with van der Waals surface area (Å²) < 4.78 is 29.6. The highest BCUT2D eigenvalue weighted by atomic mass is 32.2. The van der Waals surface area contributed by atoms with Crippen LogP contribution in [0.2, 0.25) is 0 Å². The van der Waals surface area contributed by atoms with E-state index in [0.717, 1.165) is 6.42 Å². The molecule has 0 aromatic carbocycles. The summed E-state index contributed by atoms with van der Waals surface area (Å²) in [4.78, 5) is 0. The minimum atomic E-state index is -3.09. The second-order valence-electron chi connectivity index (χ2n) is 3.57. The molecule has 1 aliphatic heterocycles. The van der Waals surface area contributed by atoms with Gasteiger partial charge in [0, 0.05) is 32.8 Å². The Bertz CT molecular complexity index is 266. The third-order valence-electron chi connectivity index (χ3n) is 2.33. The average Bonchev–Trinajstić information content (AvgIpc) is 2.53. The van der Waals surface area contributed by atoms with Crippen molar-refractivity contribution < 1.29 is 13.2 Å². The Labute approximate surface area is 85.3 Å². The van der Waals surface area contributed by atoms with Gasteiger partial charge in [-0.3, -0.25) is 0 Å². The number of hydrogen-bond acceptors (Lipinski definition) is 4. The molecule has 0 aromatic rings. The van der Waals surface area contributed by atoms with Crippen LogP contribution in [-0.2, 0) is 14.8 Å². The third kappa shape index (κ3) is 3.20. The lowest BCUT2D eigenvalue weighted by Gasteiger charge is -2.15. The van der Waals surface area contributed by atoms with E-state index in [1.165, 1.54) is 4.31 Å². The summed E-state index contributed by atoms with van der Waals surface area (Å²) in [6, 6.07) is 0.00667. The highest BCUT2D eigenvalue weighted by Crippen LogP contribution is 2.13. The SMILES string of the molecule is COCCCS(=O)(=O)N1CC[C@H](N)C1. The quantitative estimate of drug-likeness (QED) is 0.630. The predicted octanol–water partition coefficient (Wildman–Crippen LogP) is -0.614. The molecule has 5 nitrogen and oxygen atoms in total. The lowest BCUT2D eigenvalue weighted by Crippen LogP contribution is -2.33. The van der Waals surface area contributed by atoms with Gasteiger partial charge < -0.3 is 10.5 Å². The molecule has 0 bridgehead atoms. The fraction of sp³-hybridized carbons (Fsp3) is 1.00. The smallest absolute Gasteiger partial charge is 0.214 e. The van der Waals surface area contributed by atoms with E-state index in [1.807, 2.05) is 0 Å². The summed E-state index contributed by atoms with van der Waals surface area (Å²) in [5.74, 6) is 0.160. The van der Waals surface area contributed by atoms with Crippen LogP contribution in [0.3, 0.4) is 0 Å². The van der Waals surface area contributed by atoms with Crippen molar-refractivity contribution in [2.24, 2.45) is 5.73 Å². The summed E-state index contributed by atoms with van der Waals surface area (Å²) in [7, 11) is -1.52. The summed E-state index contributed by atoms with van der Waals surface area (Å²) >= 11 is 0. The first-order chi connectivity index (χ1) is 6.56. The summed E-state index contributed by atoms with van der Waals surface area (Å²) in [5, 5.41) is 0. The Morgan fingerprint density at radius 3 is 2.79 bits per heavy atom. The number of ether oxygens (including phenoxy) is 1. The standard InChI is InChI=1S/C8H18N2O3S/c1-13-5-2-6-14(11,12)10-4-3-8(9)7-10/h8H,2-7,9H2,1H3/t8-/m0/s1. The number of methoxy groups -OCH3 is 1. The second-order valence-corrected chi connectivity index (χ2v) is 5.66. The van der Waals surface area contributed by atoms with Crippen molar-refractivity contribution in [3.8, 4) is 0 Å². The molecule has 1 atom stereocenters. The molecule has 1 saturated heterocycles. The molecule has 1 heterocycles. The zero-order valence-corrected chi connectivity index (χ0v) is 9.29. The van der Waals surface area contributed by atoms with Crippen LogP contribution in [0.25, 0.3) is 0 Å². The first-order valence-corrected chi connectivity index (χ1v) is 6.39. The minimum Gasteiger partial charge on any atom is -0.385 e. The van der Waals surface area contributed by atoms with Gasteiger partial charge in [-0.15, -0.1) is 0 Å². The Balaban J connectivity index is 2.41. The minimum absolute atomic E-state index is 0.00667. The Hall–Kier alpha value is -0.170. The molecule has 0 radical (unpaired) electrons. The van der Waals surface area contributed by atoms with E-state index >= 15 is 0 Å². The number of nitrogens with zero attached hydrogens (tertiary/aromatic N) is 1. The van der Waals surface area contributed by atoms with Crippen molar-refractivity contribution in [1.29, 1.82) is 0 Å². The van der Waals surface area contributed by atoms with E-state index in [9.17, 15) is 8.42 Å². The van der Waals surface area contributed by atoms with Crippen LogP contribution in [0.4, 0.5) is 0 Å². The highest BCUT2D eigenvalue weighted by Gasteiger charge is 2.28. The maximum atomic E-state index is 11.7. The molecule has 1 aliphatic rings. The van der Waals surface area contributed by atoms with Gasteiger partial charge in [0.15, 0.2) is 0 Å². The monoisotopic (exact) mass is 222 g/mol. The zero-order chi connectivity index (χ0) is 10.6. The van der Waals surface area contributed by atoms with Gasteiger partial charge >= 0.3 is 0 Å². The van der Waals surface area contributed by atoms with Crippen molar-refractivity contribution in [3.05, 3.63) is 0 Å². The fourth-order valence-corrected chi connectivity index (χ4v) is 3.06. The van der Waals surface area contributed by atoms with Crippen LogP contribution >= 0.6 is 0 Å². The lowest BCUT2D eigenvalue weighted by atomic mass is 10.3. The fourth-order valence-electron chi connectivity index (χ4n) is 1.52. The molecule has 84 valence electrons. The molecular weight excluding hydrogens is 204 g/mol. The third-order valence-corrected chi connectivity index (χ3v) is 4.25. The van der Waals surface area contributed by atoms with Crippen LogP contribution in [0.1, 0.15) is 12.8 Å². The lowest BCUT2D eigenvalue weighted by molar-refractivity contribution is 0.199. The van der Waals surface area contributed by atoms with Crippen LogP contribution in [0.5, 0.6) is 0 Å². The zero-order valence-electron chi connectivity index (χ0n) is 8.48. The van der Waals surface area contributed by atoms with Gasteiger partial charge in [0.2, 0.25) is 10.0 Å². The van der Waals surface area contributed by atoms with Crippen molar-refractivity contribution >= 4 is 10.0 Å². The van der Waals surface area contributed by atoms with Crippen molar-refractivity contribution in [3.63, 3.8) is 0 Å². The Morgan fingerprint density at radius 1 is 1.57 bits per heavy atom. The first kappa shape index (κ1) is 11.9. The summed E-state index contributed by atoms with van der Waals surface area (Å²) in [6.07, 6.45) is 1.31. The van der Waals surface area contributed by atoms with Crippen LogP contribution < -0.4 is 5.73 Å². The van der Waals surface area contributed by atoms with E-state index in [-0.39, 0.29) is 11.8 Å². The molecule has 0 aromatic heterocycles. The molecule has 0 spiro atoms. The number of hydrogen-bond donors (Lipinski definition) is 1. The van der Waals surface area contributed by atoms with Crippen molar-refractivity contribution in [2.75, 3.05) is 32.6 Å². The summed E-state index contributed by atoms with van der Waals surface area (Å²) in [6.45, 7) is 1.52. The van der Waals surface area contributed by atoms with E-state index in [2.05, 4.69) is 0 Å². The van der Waals surface area contributed by atoms with Gasteiger partial charge in [0.25, 0.3) is 0 Å². The maximum Gasteiger partial charge on any atom is 0.214 e. The molecule has 0 amide bonds. The maximum absolute atomic E-state index is 11.7. The van der Waals surface area contributed by atoms with Crippen LogP contribution in [-0.4, -0.2) is 51.3 Å². The number of nitrogens with two attached hydrogens (primary N) is 1. The predicted molar refractivity (Wildman–Crippen MR) is 54.4 cm³/mol. The first-order valence-electron chi connectivity index (χ1n) is 4.78. The average molecular weight is 222 g/mol. The molecule has 2 N–H and O–H groups in total. The molecule has 1 fully saturated rings. The van der Waals surface area contributed by atoms with Gasteiger partial charge in [-0.25, -0.2) is 12.7 Å². The van der Waals surface area contributed by atoms with Crippen LogP contribution in [0, 0.1) is 0 Å².